The number of hydrogen-bond acceptors (Lipinski definition) is 6. The summed E-state index contributed by atoms with van der Waals surface area (Å²) in [4.78, 5) is 12.2. The third-order valence-electron chi connectivity index (χ3n) is 4.10. The number of nitrogens with one attached hydrogen (secondary N) is 1. The average Bonchev–Trinajstić information content (AvgIpc) is 3.20. The number of amides is 1. The van der Waals surface area contributed by atoms with Gasteiger partial charge in [0.2, 0.25) is 5.13 Å². The predicted molar refractivity (Wildman–Crippen MR) is 110 cm³/mol. The van der Waals surface area contributed by atoms with Gasteiger partial charge in [0.25, 0.3) is 5.91 Å². The number of benzene rings is 3. The first-order valence-corrected chi connectivity index (χ1v) is 9.42. The summed E-state index contributed by atoms with van der Waals surface area (Å²) in [7, 11) is 1.62. The number of anilines is 1. The Morgan fingerprint density at radius 1 is 0.964 bits per heavy atom. The molecule has 28 heavy (non-hydrogen) atoms. The number of methoxy groups -OCH3 is 1. The van der Waals surface area contributed by atoms with Crippen LogP contribution in [0.5, 0.6) is 11.5 Å². The summed E-state index contributed by atoms with van der Waals surface area (Å²) in [6, 6.07) is 21.2. The molecular weight excluding hydrogens is 374 g/mol. The number of carbonyl (C=O) groups excluding carboxylic acids is 1. The average molecular weight is 391 g/mol. The molecule has 0 atom stereocenters. The van der Waals surface area contributed by atoms with Crippen molar-refractivity contribution in [1.82, 2.24) is 10.2 Å². The molecule has 1 N–H and O–H groups in total. The van der Waals surface area contributed by atoms with Crippen LogP contribution < -0.4 is 14.8 Å². The van der Waals surface area contributed by atoms with Gasteiger partial charge in [-0.25, -0.2) is 0 Å². The molecular formula is C21H17N3O3S. The first kappa shape index (κ1) is 17.9. The summed E-state index contributed by atoms with van der Waals surface area (Å²) in [5.74, 6) is 1.13. The lowest BCUT2D eigenvalue weighted by molar-refractivity contribution is -0.118. The van der Waals surface area contributed by atoms with E-state index >= 15 is 0 Å². The molecule has 0 bridgehead atoms. The Morgan fingerprint density at radius 2 is 1.71 bits per heavy atom. The molecule has 3 aromatic carbocycles. The van der Waals surface area contributed by atoms with Gasteiger partial charge in [-0.1, -0.05) is 41.7 Å². The van der Waals surface area contributed by atoms with E-state index in [2.05, 4.69) is 15.5 Å². The van der Waals surface area contributed by atoms with Crippen molar-refractivity contribution in [2.24, 2.45) is 0 Å². The number of aromatic nitrogens is 2. The Morgan fingerprint density at radius 3 is 2.50 bits per heavy atom. The quantitative estimate of drug-likeness (QED) is 0.528. The summed E-state index contributed by atoms with van der Waals surface area (Å²) < 4.78 is 10.7. The lowest BCUT2D eigenvalue weighted by Gasteiger charge is -2.06. The highest BCUT2D eigenvalue weighted by molar-refractivity contribution is 7.18. The molecule has 0 saturated heterocycles. The molecule has 0 aliphatic carbocycles. The van der Waals surface area contributed by atoms with Crippen molar-refractivity contribution in [3.63, 3.8) is 0 Å². The minimum Gasteiger partial charge on any atom is -0.497 e. The number of hydrogen-bond donors (Lipinski definition) is 1. The Bertz CT molecular complexity index is 1110. The predicted octanol–water partition coefficient (Wildman–Crippen LogP) is 4.38. The molecule has 140 valence electrons. The Labute approximate surface area is 165 Å². The van der Waals surface area contributed by atoms with E-state index in [1.165, 1.54) is 11.3 Å². The molecule has 1 aromatic heterocycles. The molecule has 0 aliphatic heterocycles. The monoisotopic (exact) mass is 391 g/mol. The van der Waals surface area contributed by atoms with Crippen LogP contribution in [0.4, 0.5) is 5.13 Å². The van der Waals surface area contributed by atoms with Gasteiger partial charge in [-0.15, -0.1) is 10.2 Å². The molecule has 1 amide bonds. The number of fused-ring (bicyclic) bond motifs is 1. The van der Waals surface area contributed by atoms with E-state index in [0.29, 0.717) is 15.9 Å². The fourth-order valence-electron chi connectivity index (χ4n) is 2.69. The molecule has 0 radical (unpaired) electrons. The first-order chi connectivity index (χ1) is 13.7. The smallest absolute Gasteiger partial charge is 0.264 e. The highest BCUT2D eigenvalue weighted by Crippen LogP contribution is 2.27. The minimum atomic E-state index is -0.286. The normalized spacial score (nSPS) is 10.6. The van der Waals surface area contributed by atoms with Gasteiger partial charge in [0.05, 0.1) is 7.11 Å². The van der Waals surface area contributed by atoms with Crippen LogP contribution in [0.2, 0.25) is 0 Å². The highest BCUT2D eigenvalue weighted by Gasteiger charge is 2.10. The van der Waals surface area contributed by atoms with Gasteiger partial charge in [0.15, 0.2) is 6.61 Å². The molecule has 4 rings (SSSR count). The van der Waals surface area contributed by atoms with Crippen LogP contribution in [-0.2, 0) is 4.79 Å². The van der Waals surface area contributed by atoms with Crippen LogP contribution in [0.1, 0.15) is 0 Å². The van der Waals surface area contributed by atoms with E-state index in [1.807, 2.05) is 66.7 Å². The first-order valence-electron chi connectivity index (χ1n) is 8.61. The second-order valence-corrected chi connectivity index (χ2v) is 6.96. The van der Waals surface area contributed by atoms with Gasteiger partial charge in [-0.3, -0.25) is 10.1 Å². The third kappa shape index (κ3) is 4.10. The molecule has 0 spiro atoms. The number of ether oxygens (including phenoxy) is 2. The second kappa shape index (κ2) is 8.06. The summed E-state index contributed by atoms with van der Waals surface area (Å²) in [6.07, 6.45) is 0. The van der Waals surface area contributed by atoms with Crippen molar-refractivity contribution < 1.29 is 14.3 Å². The minimum absolute atomic E-state index is 0.101. The van der Waals surface area contributed by atoms with Gasteiger partial charge in [-0.05, 0) is 47.2 Å². The molecule has 0 fully saturated rings. The Balaban J connectivity index is 1.36. The summed E-state index contributed by atoms with van der Waals surface area (Å²) in [5.41, 5.74) is 0.909. The van der Waals surface area contributed by atoms with E-state index in [4.69, 9.17) is 9.47 Å². The van der Waals surface area contributed by atoms with Gasteiger partial charge >= 0.3 is 0 Å². The van der Waals surface area contributed by atoms with Crippen LogP contribution in [0.3, 0.4) is 0 Å². The zero-order valence-electron chi connectivity index (χ0n) is 15.1. The van der Waals surface area contributed by atoms with Crippen LogP contribution >= 0.6 is 11.3 Å². The van der Waals surface area contributed by atoms with E-state index in [1.54, 1.807) is 7.11 Å². The van der Waals surface area contributed by atoms with E-state index < -0.39 is 0 Å². The van der Waals surface area contributed by atoms with E-state index in [-0.39, 0.29) is 12.5 Å². The molecule has 6 nitrogen and oxygen atoms in total. The van der Waals surface area contributed by atoms with Gasteiger partial charge in [0.1, 0.15) is 16.5 Å². The molecule has 7 heteroatoms. The number of rotatable bonds is 6. The Hall–Kier alpha value is -3.45. The van der Waals surface area contributed by atoms with E-state index in [0.717, 1.165) is 22.1 Å². The van der Waals surface area contributed by atoms with Crippen LogP contribution in [0.25, 0.3) is 21.3 Å². The molecule has 4 aromatic rings. The largest absolute Gasteiger partial charge is 0.497 e. The topological polar surface area (TPSA) is 73.3 Å². The van der Waals surface area contributed by atoms with Crippen LogP contribution in [0.15, 0.2) is 66.7 Å². The Kier molecular flexibility index (Phi) is 5.16. The second-order valence-electron chi connectivity index (χ2n) is 5.99. The van der Waals surface area contributed by atoms with Gasteiger partial charge in [-0.2, -0.15) is 0 Å². The number of nitrogens with zero attached hydrogens (tertiary/aromatic N) is 2. The zero-order chi connectivity index (χ0) is 19.3. The lowest BCUT2D eigenvalue weighted by atomic mass is 10.1. The lowest BCUT2D eigenvalue weighted by Crippen LogP contribution is -2.20. The fraction of sp³-hybridized carbons (Fsp3) is 0.0952. The summed E-state index contributed by atoms with van der Waals surface area (Å²) in [6.45, 7) is -0.101. The summed E-state index contributed by atoms with van der Waals surface area (Å²) >= 11 is 1.30. The van der Waals surface area contributed by atoms with Crippen molar-refractivity contribution in [3.05, 3.63) is 66.7 Å². The van der Waals surface area contributed by atoms with Crippen molar-refractivity contribution in [1.29, 1.82) is 0 Å². The van der Waals surface area contributed by atoms with Crippen molar-refractivity contribution >= 4 is 33.1 Å². The van der Waals surface area contributed by atoms with E-state index in [9.17, 15) is 4.79 Å². The van der Waals surface area contributed by atoms with Gasteiger partial charge < -0.3 is 9.47 Å². The van der Waals surface area contributed by atoms with Crippen molar-refractivity contribution in [3.8, 4) is 22.1 Å². The standard InChI is InChI=1S/C21H17N3O3S/c1-26-17-9-7-15(8-10-17)20-23-24-21(28-20)22-19(25)13-27-18-11-6-14-4-2-3-5-16(14)12-18/h2-12H,13H2,1H3,(H,22,24,25). The maximum atomic E-state index is 12.2. The maximum Gasteiger partial charge on any atom is 0.264 e. The summed E-state index contributed by atoms with van der Waals surface area (Å²) in [5, 5.41) is 14.2. The third-order valence-corrected chi connectivity index (χ3v) is 4.99. The highest BCUT2D eigenvalue weighted by atomic mass is 32.1. The van der Waals surface area contributed by atoms with Crippen LogP contribution in [-0.4, -0.2) is 29.8 Å². The molecule has 0 unspecified atom stereocenters. The van der Waals surface area contributed by atoms with Crippen molar-refractivity contribution in [2.45, 2.75) is 0 Å². The van der Waals surface area contributed by atoms with Crippen molar-refractivity contribution in [2.75, 3.05) is 19.0 Å². The number of carbonyl (C=O) groups is 1. The zero-order valence-corrected chi connectivity index (χ0v) is 15.9. The van der Waals surface area contributed by atoms with Crippen LogP contribution in [0, 0.1) is 0 Å². The molecule has 1 heterocycles. The van der Waals surface area contributed by atoms with Gasteiger partial charge in [0, 0.05) is 5.56 Å². The SMILES string of the molecule is COc1ccc(-c2nnc(NC(=O)COc3ccc4ccccc4c3)s2)cc1. The molecule has 0 saturated carbocycles. The fourth-order valence-corrected chi connectivity index (χ4v) is 3.45. The maximum absolute atomic E-state index is 12.2. The molecule has 0 aliphatic rings.